The number of carbonyl (C=O) groups is 3. The van der Waals surface area contributed by atoms with Crippen molar-refractivity contribution in [1.82, 2.24) is 19.7 Å². The highest BCUT2D eigenvalue weighted by Crippen LogP contribution is 2.34. The van der Waals surface area contributed by atoms with Crippen molar-refractivity contribution in [3.05, 3.63) is 65.4 Å². The molecular weight excluding hydrogens is 702 g/mol. The van der Waals surface area contributed by atoms with E-state index in [0.717, 1.165) is 43.7 Å². The largest absolute Gasteiger partial charge is 0.487 e. The second-order valence-corrected chi connectivity index (χ2v) is 13.7. The molecule has 1 saturated heterocycles. The van der Waals surface area contributed by atoms with Gasteiger partial charge in [0.25, 0.3) is 5.91 Å². The summed E-state index contributed by atoms with van der Waals surface area (Å²) >= 11 is 0. The molecule has 2 fully saturated rings. The van der Waals surface area contributed by atoms with Crippen molar-refractivity contribution in [2.45, 2.75) is 58.1 Å². The highest BCUT2D eigenvalue weighted by Gasteiger charge is 2.36. The first-order valence-electron chi connectivity index (χ1n) is 19.1. The van der Waals surface area contributed by atoms with Crippen LogP contribution in [0, 0.1) is 17.6 Å². The van der Waals surface area contributed by atoms with Gasteiger partial charge in [-0.2, -0.15) is 4.39 Å². The van der Waals surface area contributed by atoms with E-state index >= 15 is 4.39 Å². The predicted molar refractivity (Wildman–Crippen MR) is 198 cm³/mol. The highest BCUT2D eigenvalue weighted by molar-refractivity contribution is 6.00. The minimum Gasteiger partial charge on any atom is -0.487 e. The minimum absolute atomic E-state index is 0.0453. The second kappa shape index (κ2) is 21.1. The molecule has 0 spiro atoms. The van der Waals surface area contributed by atoms with Crippen molar-refractivity contribution >= 4 is 28.6 Å². The fraction of sp³-hybridized carbons (Fsp3) is 0.575. The van der Waals surface area contributed by atoms with E-state index in [1.54, 1.807) is 23.8 Å². The molecule has 5 rings (SSSR count). The number of rotatable bonds is 20. The molecule has 296 valence electrons. The van der Waals surface area contributed by atoms with E-state index in [1.807, 2.05) is 30.3 Å². The Balaban J connectivity index is 1.04. The van der Waals surface area contributed by atoms with Gasteiger partial charge in [-0.1, -0.05) is 56.5 Å². The maximum atomic E-state index is 15.0. The average Bonchev–Trinajstić information content (AvgIpc) is 3.53. The van der Waals surface area contributed by atoms with E-state index < -0.39 is 17.7 Å². The number of amides is 3. The quantitative estimate of drug-likeness (QED) is 0.163. The smallest absolute Gasteiger partial charge is 0.270 e. The second-order valence-electron chi connectivity index (χ2n) is 13.7. The summed E-state index contributed by atoms with van der Waals surface area (Å²) in [4.78, 5) is 43.0. The van der Waals surface area contributed by atoms with Gasteiger partial charge in [0.2, 0.25) is 17.6 Å². The lowest BCUT2D eigenvalue weighted by atomic mass is 9.83. The molecule has 1 N–H and O–H groups in total. The van der Waals surface area contributed by atoms with Gasteiger partial charge in [0.05, 0.1) is 58.4 Å². The van der Waals surface area contributed by atoms with Gasteiger partial charge in [-0.05, 0) is 30.4 Å². The number of nitrogens with one attached hydrogen (secondary N) is 1. The number of halogens is 2. The van der Waals surface area contributed by atoms with Crippen molar-refractivity contribution in [1.29, 1.82) is 0 Å². The maximum absolute atomic E-state index is 15.0. The van der Waals surface area contributed by atoms with Gasteiger partial charge in [-0.3, -0.25) is 14.4 Å². The lowest BCUT2D eigenvalue weighted by Gasteiger charge is -2.39. The minimum atomic E-state index is -1.14. The molecule has 1 aromatic heterocycles. The van der Waals surface area contributed by atoms with Crippen molar-refractivity contribution < 1.29 is 46.8 Å². The molecule has 2 aliphatic rings. The fourth-order valence-electron chi connectivity index (χ4n) is 6.97. The molecule has 1 aliphatic heterocycles. The molecule has 3 amide bonds. The van der Waals surface area contributed by atoms with Gasteiger partial charge < -0.3 is 43.4 Å². The van der Waals surface area contributed by atoms with Crippen molar-refractivity contribution in [3.8, 4) is 5.75 Å². The molecule has 0 unspecified atom stereocenters. The van der Waals surface area contributed by atoms with Crippen LogP contribution < -0.4 is 10.1 Å². The number of carbonyl (C=O) groups excluding carboxylic acids is 3. The van der Waals surface area contributed by atoms with Crippen LogP contribution in [0.1, 0.15) is 61.5 Å². The van der Waals surface area contributed by atoms with Crippen LogP contribution in [-0.4, -0.2) is 117 Å². The number of aromatic nitrogens is 1. The van der Waals surface area contributed by atoms with Gasteiger partial charge in [-0.25, -0.2) is 4.39 Å². The first-order valence-corrected chi connectivity index (χ1v) is 19.1. The zero-order chi connectivity index (χ0) is 38.3. The summed E-state index contributed by atoms with van der Waals surface area (Å²) in [6.07, 6.45) is 5.32. The lowest BCUT2D eigenvalue weighted by molar-refractivity contribution is -0.139. The summed E-state index contributed by atoms with van der Waals surface area (Å²) in [6.45, 7) is 5.97. The molecule has 3 aromatic rings. The van der Waals surface area contributed by atoms with E-state index in [4.69, 9.17) is 23.7 Å². The molecule has 0 radical (unpaired) electrons. The highest BCUT2D eigenvalue weighted by atomic mass is 19.2. The molecule has 1 aliphatic carbocycles. The standard InChI is InChI=1S/C40H54F2N4O8/c1-3-35(47)43-37(30-12-8-5-9-13-30)40(49)46-16-14-45(15-17-46)39(48)34-26-31-33(44(34)2)27-32(41)36(42)38(31)54-25-24-52-21-20-50-18-19-51-22-23-53-28-29-10-6-4-7-11-29/h4,6-7,10-11,26-27,30,37H,3,5,8-9,12-25,28H2,1-2H3,(H,43,47)/t37-/m0/s1. The van der Waals surface area contributed by atoms with Gasteiger partial charge >= 0.3 is 0 Å². The Morgan fingerprint density at radius 3 is 2.02 bits per heavy atom. The van der Waals surface area contributed by atoms with Gasteiger partial charge in [-0.15, -0.1) is 0 Å². The van der Waals surface area contributed by atoms with Crippen LogP contribution in [0.25, 0.3) is 10.9 Å². The Labute approximate surface area is 316 Å². The Kier molecular flexibility index (Phi) is 16.0. The molecule has 1 saturated carbocycles. The molecule has 12 nitrogen and oxygen atoms in total. The molecule has 1 atom stereocenters. The Morgan fingerprint density at radius 2 is 1.39 bits per heavy atom. The van der Waals surface area contributed by atoms with E-state index in [2.05, 4.69) is 5.32 Å². The lowest BCUT2D eigenvalue weighted by Crippen LogP contribution is -2.57. The first kappa shape index (κ1) is 41.1. The van der Waals surface area contributed by atoms with Crippen molar-refractivity contribution in [2.75, 3.05) is 79.0 Å². The summed E-state index contributed by atoms with van der Waals surface area (Å²) in [5.74, 6) is -2.99. The first-order chi connectivity index (χ1) is 26.3. The third kappa shape index (κ3) is 11.2. The summed E-state index contributed by atoms with van der Waals surface area (Å²) in [6, 6.07) is 11.9. The number of fused-ring (bicyclic) bond motifs is 1. The third-order valence-corrected chi connectivity index (χ3v) is 10.0. The number of hydrogen-bond donors (Lipinski definition) is 1. The van der Waals surface area contributed by atoms with Gasteiger partial charge in [0.1, 0.15) is 18.3 Å². The number of piperazine rings is 1. The number of nitrogens with zero attached hydrogens (tertiary/aromatic N) is 3. The van der Waals surface area contributed by atoms with Gasteiger partial charge in [0, 0.05) is 51.1 Å². The molecular formula is C40H54F2N4O8. The predicted octanol–water partition coefficient (Wildman–Crippen LogP) is 4.86. The van der Waals surface area contributed by atoms with Crippen LogP contribution in [0.15, 0.2) is 42.5 Å². The average molecular weight is 757 g/mol. The Hall–Kier alpha value is -4.11. The van der Waals surface area contributed by atoms with Crippen LogP contribution in [-0.2, 0) is 42.2 Å². The zero-order valence-corrected chi connectivity index (χ0v) is 31.5. The maximum Gasteiger partial charge on any atom is 0.270 e. The topological polar surface area (TPSA) is 121 Å². The summed E-state index contributed by atoms with van der Waals surface area (Å²) in [5, 5.41) is 3.23. The van der Waals surface area contributed by atoms with Crippen LogP contribution in [0.2, 0.25) is 0 Å². The van der Waals surface area contributed by atoms with Crippen LogP contribution >= 0.6 is 0 Å². The van der Waals surface area contributed by atoms with Crippen LogP contribution in [0.4, 0.5) is 8.78 Å². The SMILES string of the molecule is CCC(=O)N[C@H](C(=O)N1CCN(C(=O)c2cc3c(OCCOCCOCCOCCOCc4ccccc4)c(F)c(F)cc3n2C)CC1)C1CCCCC1. The van der Waals surface area contributed by atoms with Crippen LogP contribution in [0.5, 0.6) is 5.75 Å². The molecule has 14 heteroatoms. The summed E-state index contributed by atoms with van der Waals surface area (Å²) in [5.41, 5.74) is 1.66. The van der Waals surface area contributed by atoms with E-state index in [1.165, 1.54) is 10.6 Å². The van der Waals surface area contributed by atoms with Gasteiger partial charge in [0.15, 0.2) is 11.6 Å². The number of benzene rings is 2. The Bertz CT molecular complexity index is 1660. The number of hydrogen-bond acceptors (Lipinski definition) is 8. The molecule has 2 heterocycles. The zero-order valence-electron chi connectivity index (χ0n) is 31.5. The Morgan fingerprint density at radius 1 is 0.796 bits per heavy atom. The van der Waals surface area contributed by atoms with Crippen LogP contribution in [0.3, 0.4) is 0 Å². The summed E-state index contributed by atoms with van der Waals surface area (Å²) < 4.78 is 59.1. The monoisotopic (exact) mass is 756 g/mol. The van der Waals surface area contributed by atoms with E-state index in [9.17, 15) is 18.8 Å². The molecule has 2 aromatic carbocycles. The third-order valence-electron chi connectivity index (χ3n) is 10.0. The van der Waals surface area contributed by atoms with Crippen molar-refractivity contribution in [3.63, 3.8) is 0 Å². The number of ether oxygens (including phenoxy) is 5. The molecule has 54 heavy (non-hydrogen) atoms. The van der Waals surface area contributed by atoms with E-state index in [0.29, 0.717) is 64.7 Å². The molecule has 0 bridgehead atoms. The fourth-order valence-corrected chi connectivity index (χ4v) is 6.97. The summed E-state index contributed by atoms with van der Waals surface area (Å²) in [7, 11) is 1.62. The normalized spacial score (nSPS) is 15.8. The van der Waals surface area contributed by atoms with E-state index in [-0.39, 0.29) is 73.4 Å². The number of aryl methyl sites for hydroxylation is 1. The van der Waals surface area contributed by atoms with Crippen molar-refractivity contribution in [2.24, 2.45) is 13.0 Å².